The highest BCUT2D eigenvalue weighted by Gasteiger charge is 2.24. The number of ketones is 1. The molecule has 0 aliphatic heterocycles. The zero-order chi connectivity index (χ0) is 17.1. The molecule has 0 amide bonds. The first-order valence-electron chi connectivity index (χ1n) is 7.46. The van der Waals surface area contributed by atoms with E-state index < -0.39 is 5.92 Å². The molecule has 0 N–H and O–H groups in total. The lowest BCUT2D eigenvalue weighted by Gasteiger charge is -2.12. The summed E-state index contributed by atoms with van der Waals surface area (Å²) in [4.78, 5) is 12.5. The average molecular weight is 339 g/mol. The fourth-order valence-electron chi connectivity index (χ4n) is 2.68. The normalized spacial score (nSPS) is 11.9. The van der Waals surface area contributed by atoms with Crippen LogP contribution in [0.25, 0.3) is 10.9 Å². The molecule has 0 aliphatic rings. The summed E-state index contributed by atoms with van der Waals surface area (Å²) >= 11 is 6.01. The highest BCUT2D eigenvalue weighted by atomic mass is 35.5. The number of rotatable bonds is 5. The Morgan fingerprint density at radius 1 is 1.25 bits per heavy atom. The molecule has 1 unspecified atom stereocenters. The second-order valence-electron chi connectivity index (χ2n) is 5.43. The van der Waals surface area contributed by atoms with Gasteiger partial charge in [-0.1, -0.05) is 41.9 Å². The third-order valence-corrected chi connectivity index (χ3v) is 4.25. The van der Waals surface area contributed by atoms with Gasteiger partial charge < -0.3 is 9.30 Å². The van der Waals surface area contributed by atoms with Gasteiger partial charge in [-0.15, -0.1) is 0 Å². The van der Waals surface area contributed by atoms with Crippen molar-refractivity contribution in [1.82, 2.24) is 4.57 Å². The van der Waals surface area contributed by atoms with Crippen LogP contribution in [0.3, 0.4) is 0 Å². The Labute approximate surface area is 144 Å². The number of hydrogen-bond acceptors (Lipinski definition) is 3. The van der Waals surface area contributed by atoms with E-state index in [0.717, 1.165) is 10.9 Å². The molecule has 0 radical (unpaired) electrons. The molecule has 0 bridgehead atoms. The second-order valence-corrected chi connectivity index (χ2v) is 5.84. The minimum atomic E-state index is -0.884. The van der Waals surface area contributed by atoms with E-state index in [1.54, 1.807) is 24.3 Å². The Morgan fingerprint density at radius 2 is 1.96 bits per heavy atom. The Bertz CT molecular complexity index is 940. The molecule has 0 saturated carbocycles. The van der Waals surface area contributed by atoms with Gasteiger partial charge in [0.25, 0.3) is 0 Å². The Hall–Kier alpha value is -2.77. The summed E-state index contributed by atoms with van der Waals surface area (Å²) in [5, 5.41) is 10.9. The molecule has 0 spiro atoms. The Kier molecular flexibility index (Phi) is 4.54. The van der Waals surface area contributed by atoms with Crippen molar-refractivity contribution < 1.29 is 9.53 Å². The molecule has 5 heteroatoms. The van der Waals surface area contributed by atoms with Crippen LogP contribution >= 0.6 is 11.6 Å². The van der Waals surface area contributed by atoms with E-state index in [1.807, 2.05) is 41.9 Å². The number of benzene rings is 2. The summed E-state index contributed by atoms with van der Waals surface area (Å²) in [6.07, 6.45) is 0. The van der Waals surface area contributed by atoms with E-state index in [9.17, 15) is 10.1 Å². The predicted molar refractivity (Wildman–Crippen MR) is 93.2 cm³/mol. The lowest BCUT2D eigenvalue weighted by Crippen LogP contribution is -2.20. The van der Waals surface area contributed by atoms with Crippen molar-refractivity contribution in [3.05, 3.63) is 65.3 Å². The zero-order valence-corrected chi connectivity index (χ0v) is 13.8. The third-order valence-electron chi connectivity index (χ3n) is 3.94. The van der Waals surface area contributed by atoms with Gasteiger partial charge >= 0.3 is 0 Å². The van der Waals surface area contributed by atoms with Crippen LogP contribution in [0, 0.1) is 11.3 Å². The Balaban J connectivity index is 1.83. The van der Waals surface area contributed by atoms with Crippen molar-refractivity contribution >= 4 is 28.3 Å². The number of aromatic nitrogens is 1. The van der Waals surface area contributed by atoms with Crippen molar-refractivity contribution in [1.29, 1.82) is 5.26 Å². The largest absolute Gasteiger partial charge is 0.484 e. The van der Waals surface area contributed by atoms with Crippen molar-refractivity contribution in [2.24, 2.45) is 7.05 Å². The number of aryl methyl sites for hydroxylation is 1. The van der Waals surface area contributed by atoms with E-state index in [-0.39, 0.29) is 12.4 Å². The van der Waals surface area contributed by atoms with Gasteiger partial charge in [0, 0.05) is 18.3 Å². The van der Waals surface area contributed by atoms with Crippen LogP contribution in [0.5, 0.6) is 5.75 Å². The van der Waals surface area contributed by atoms with Crippen molar-refractivity contribution in [2.75, 3.05) is 6.61 Å². The number of nitriles is 1. The fourth-order valence-corrected chi connectivity index (χ4v) is 2.87. The maximum Gasteiger partial charge on any atom is 0.193 e. The van der Waals surface area contributed by atoms with Gasteiger partial charge in [-0.2, -0.15) is 5.26 Å². The molecule has 1 atom stereocenters. The highest BCUT2D eigenvalue weighted by molar-refractivity contribution is 6.32. The third kappa shape index (κ3) is 2.99. The van der Waals surface area contributed by atoms with Crippen LogP contribution in [0.4, 0.5) is 0 Å². The molecule has 120 valence electrons. The number of fused-ring (bicyclic) bond motifs is 1. The quantitative estimate of drug-likeness (QED) is 0.704. The molecule has 0 aliphatic carbocycles. The van der Waals surface area contributed by atoms with Gasteiger partial charge in [-0.3, -0.25) is 4.79 Å². The smallest absolute Gasteiger partial charge is 0.193 e. The monoisotopic (exact) mass is 338 g/mol. The van der Waals surface area contributed by atoms with Gasteiger partial charge in [0.1, 0.15) is 18.3 Å². The van der Waals surface area contributed by atoms with Gasteiger partial charge in [0.2, 0.25) is 0 Å². The van der Waals surface area contributed by atoms with Crippen LogP contribution in [0.1, 0.15) is 11.6 Å². The van der Waals surface area contributed by atoms with Gasteiger partial charge in [-0.05, 0) is 29.7 Å². The lowest BCUT2D eigenvalue weighted by molar-refractivity contribution is -0.121. The van der Waals surface area contributed by atoms with Crippen LogP contribution in [-0.2, 0) is 11.8 Å². The summed E-state index contributed by atoms with van der Waals surface area (Å²) in [7, 11) is 1.85. The molecular weight excluding hydrogens is 324 g/mol. The summed E-state index contributed by atoms with van der Waals surface area (Å²) in [5.41, 5.74) is 1.64. The zero-order valence-electron chi connectivity index (χ0n) is 13.1. The molecule has 0 fully saturated rings. The SMILES string of the molecule is Cn1c(C(C#N)C(=O)COc2ccccc2Cl)cc2ccccc21. The van der Waals surface area contributed by atoms with Crippen LogP contribution in [0.2, 0.25) is 5.02 Å². The first-order chi connectivity index (χ1) is 11.6. The topological polar surface area (TPSA) is 55.0 Å². The minimum Gasteiger partial charge on any atom is -0.484 e. The van der Waals surface area contributed by atoms with E-state index in [4.69, 9.17) is 16.3 Å². The minimum absolute atomic E-state index is 0.205. The van der Waals surface area contributed by atoms with Crippen molar-refractivity contribution in [3.8, 4) is 11.8 Å². The van der Waals surface area contributed by atoms with Crippen molar-refractivity contribution in [2.45, 2.75) is 5.92 Å². The summed E-state index contributed by atoms with van der Waals surface area (Å²) in [5.74, 6) is -0.755. The first-order valence-corrected chi connectivity index (χ1v) is 7.83. The van der Waals surface area contributed by atoms with E-state index in [2.05, 4.69) is 6.07 Å². The predicted octanol–water partition coefficient (Wildman–Crippen LogP) is 4.09. The number of para-hydroxylation sites is 2. The standard InChI is InChI=1S/C19H15ClN2O2/c1-22-16-8-4-2-6-13(16)10-17(22)14(11-21)18(23)12-24-19-9-5-3-7-15(19)20/h2-10,14H,12H2,1H3. The highest BCUT2D eigenvalue weighted by Crippen LogP contribution is 2.26. The summed E-state index contributed by atoms with van der Waals surface area (Å²) < 4.78 is 7.35. The average Bonchev–Trinajstić information content (AvgIpc) is 2.92. The fraction of sp³-hybridized carbons (Fsp3) is 0.158. The number of Topliss-reactive ketones (excluding diaryl/α,β-unsaturated/α-hetero) is 1. The van der Waals surface area contributed by atoms with E-state index in [0.29, 0.717) is 16.5 Å². The van der Waals surface area contributed by atoms with Crippen LogP contribution in [-0.4, -0.2) is 17.0 Å². The molecular formula is C19H15ClN2O2. The molecule has 4 nitrogen and oxygen atoms in total. The molecule has 1 aromatic heterocycles. The maximum atomic E-state index is 12.5. The van der Waals surface area contributed by atoms with Gasteiger partial charge in [0.15, 0.2) is 5.78 Å². The van der Waals surface area contributed by atoms with E-state index in [1.165, 1.54) is 0 Å². The first kappa shape index (κ1) is 16.1. The number of ether oxygens (including phenoxy) is 1. The number of hydrogen-bond donors (Lipinski definition) is 0. The Morgan fingerprint density at radius 3 is 2.67 bits per heavy atom. The molecule has 1 heterocycles. The molecule has 2 aromatic carbocycles. The van der Waals surface area contributed by atoms with Crippen LogP contribution < -0.4 is 4.74 Å². The lowest BCUT2D eigenvalue weighted by atomic mass is 10.0. The van der Waals surface area contributed by atoms with Gasteiger partial charge in [-0.25, -0.2) is 0 Å². The molecule has 3 aromatic rings. The van der Waals surface area contributed by atoms with E-state index >= 15 is 0 Å². The summed E-state index contributed by atoms with van der Waals surface area (Å²) in [6, 6.07) is 18.7. The number of carbonyl (C=O) groups excluding carboxylic acids is 1. The van der Waals surface area contributed by atoms with Crippen LogP contribution in [0.15, 0.2) is 54.6 Å². The maximum absolute atomic E-state index is 12.5. The van der Waals surface area contributed by atoms with Gasteiger partial charge in [0.05, 0.1) is 11.1 Å². The second kappa shape index (κ2) is 6.77. The molecule has 24 heavy (non-hydrogen) atoms. The van der Waals surface area contributed by atoms with Crippen molar-refractivity contribution in [3.63, 3.8) is 0 Å². The number of nitrogens with zero attached hydrogens (tertiary/aromatic N) is 2. The molecule has 3 rings (SSSR count). The summed E-state index contributed by atoms with van der Waals surface area (Å²) in [6.45, 7) is -0.205. The number of halogens is 1. The number of carbonyl (C=O) groups is 1. The molecule has 0 saturated heterocycles.